The molecule has 19 heavy (non-hydrogen) atoms. The van der Waals surface area contributed by atoms with Gasteiger partial charge in [-0.1, -0.05) is 0 Å². The van der Waals surface area contributed by atoms with E-state index in [1.165, 1.54) is 17.0 Å². The monoisotopic (exact) mass is 267 g/mol. The zero-order valence-electron chi connectivity index (χ0n) is 11.2. The summed E-state index contributed by atoms with van der Waals surface area (Å²) < 4.78 is 4.86. The van der Waals surface area contributed by atoms with Crippen molar-refractivity contribution in [2.75, 3.05) is 39.7 Å². The molecule has 1 amide bonds. The van der Waals surface area contributed by atoms with E-state index in [9.17, 15) is 14.9 Å². The number of carbonyl (C=O) groups excluding carboxylic acids is 1. The van der Waals surface area contributed by atoms with Gasteiger partial charge in [-0.15, -0.1) is 0 Å². The van der Waals surface area contributed by atoms with Gasteiger partial charge in [-0.3, -0.25) is 14.9 Å². The normalized spacial score (nSPS) is 10.1. The molecule has 0 saturated carbocycles. The highest BCUT2D eigenvalue weighted by Crippen LogP contribution is 2.25. The average molecular weight is 267 g/mol. The summed E-state index contributed by atoms with van der Waals surface area (Å²) in [6.45, 7) is 0.897. The maximum atomic E-state index is 11.8. The molecule has 0 radical (unpaired) electrons. The van der Waals surface area contributed by atoms with Crippen molar-refractivity contribution in [3.8, 4) is 0 Å². The molecule has 0 aromatic heterocycles. The Labute approximate surface area is 111 Å². The van der Waals surface area contributed by atoms with Crippen molar-refractivity contribution < 1.29 is 14.5 Å². The number of hydrogen-bond donors (Lipinski definition) is 1. The number of nitro groups is 1. The SMILES string of the molecule is COCCNc1ccc(C(=O)N(C)C)cc1[N+](=O)[O-]. The van der Waals surface area contributed by atoms with E-state index in [-0.39, 0.29) is 17.2 Å². The van der Waals surface area contributed by atoms with Crippen LogP contribution in [0.1, 0.15) is 10.4 Å². The van der Waals surface area contributed by atoms with Gasteiger partial charge in [0.25, 0.3) is 11.6 Å². The van der Waals surface area contributed by atoms with Crippen LogP contribution in [-0.2, 0) is 4.74 Å². The van der Waals surface area contributed by atoms with Crippen LogP contribution in [0.5, 0.6) is 0 Å². The Morgan fingerprint density at radius 3 is 2.68 bits per heavy atom. The standard InChI is InChI=1S/C12H17N3O4/c1-14(2)12(16)9-4-5-10(13-6-7-19-3)11(8-9)15(17)18/h4-5,8,13H,6-7H2,1-3H3. The molecule has 0 saturated heterocycles. The lowest BCUT2D eigenvalue weighted by molar-refractivity contribution is -0.384. The number of rotatable bonds is 6. The van der Waals surface area contributed by atoms with Gasteiger partial charge in [0, 0.05) is 39.4 Å². The van der Waals surface area contributed by atoms with E-state index in [2.05, 4.69) is 5.32 Å². The Kier molecular flexibility index (Phi) is 5.25. The molecule has 0 heterocycles. The third-order valence-electron chi connectivity index (χ3n) is 2.47. The molecule has 0 bridgehead atoms. The Morgan fingerprint density at radius 2 is 2.16 bits per heavy atom. The first-order valence-electron chi connectivity index (χ1n) is 5.70. The summed E-state index contributed by atoms with van der Waals surface area (Å²) >= 11 is 0. The number of nitro benzene ring substituents is 1. The van der Waals surface area contributed by atoms with Gasteiger partial charge >= 0.3 is 0 Å². The van der Waals surface area contributed by atoms with Gasteiger partial charge in [0.05, 0.1) is 11.5 Å². The highest BCUT2D eigenvalue weighted by atomic mass is 16.6. The van der Waals surface area contributed by atoms with Crippen LogP contribution in [0.4, 0.5) is 11.4 Å². The van der Waals surface area contributed by atoms with Crippen molar-refractivity contribution in [3.63, 3.8) is 0 Å². The molecule has 7 heteroatoms. The van der Waals surface area contributed by atoms with Crippen LogP contribution < -0.4 is 5.32 Å². The number of benzene rings is 1. The molecule has 0 aliphatic rings. The molecule has 0 spiro atoms. The van der Waals surface area contributed by atoms with Gasteiger partial charge in [-0.05, 0) is 12.1 Å². The lowest BCUT2D eigenvalue weighted by Crippen LogP contribution is -2.21. The van der Waals surface area contributed by atoms with E-state index in [1.54, 1.807) is 27.3 Å². The highest BCUT2D eigenvalue weighted by Gasteiger charge is 2.18. The molecule has 0 aliphatic carbocycles. The second-order valence-corrected chi connectivity index (χ2v) is 4.11. The van der Waals surface area contributed by atoms with Crippen LogP contribution in [0.25, 0.3) is 0 Å². The zero-order valence-corrected chi connectivity index (χ0v) is 11.2. The maximum Gasteiger partial charge on any atom is 0.293 e. The summed E-state index contributed by atoms with van der Waals surface area (Å²) in [5.74, 6) is -0.272. The van der Waals surface area contributed by atoms with Crippen LogP contribution in [0.15, 0.2) is 18.2 Å². The molecule has 0 aliphatic heterocycles. The van der Waals surface area contributed by atoms with E-state index in [4.69, 9.17) is 4.74 Å². The summed E-state index contributed by atoms with van der Waals surface area (Å²) in [6, 6.07) is 4.37. The Bertz CT molecular complexity index is 474. The van der Waals surface area contributed by atoms with Gasteiger partial charge < -0.3 is 15.0 Å². The summed E-state index contributed by atoms with van der Waals surface area (Å²) in [4.78, 5) is 23.6. The Balaban J connectivity index is 3.01. The Morgan fingerprint density at radius 1 is 1.47 bits per heavy atom. The van der Waals surface area contributed by atoms with Gasteiger partial charge in [-0.25, -0.2) is 0 Å². The molecule has 1 aromatic carbocycles. The number of carbonyl (C=O) groups is 1. The molecule has 7 nitrogen and oxygen atoms in total. The Hall–Kier alpha value is -2.15. The molecule has 0 unspecified atom stereocenters. The molecular weight excluding hydrogens is 250 g/mol. The van der Waals surface area contributed by atoms with Crippen LogP contribution in [-0.4, -0.2) is 50.1 Å². The van der Waals surface area contributed by atoms with Crippen LogP contribution in [0, 0.1) is 10.1 Å². The summed E-state index contributed by atoms with van der Waals surface area (Å²) in [5.41, 5.74) is 0.537. The minimum atomic E-state index is -0.512. The minimum absolute atomic E-state index is 0.121. The fraction of sp³-hybridized carbons (Fsp3) is 0.417. The van der Waals surface area contributed by atoms with E-state index in [0.717, 1.165) is 0 Å². The molecule has 0 atom stereocenters. The first kappa shape index (κ1) is 14.9. The third kappa shape index (κ3) is 3.92. The molecule has 1 rings (SSSR count). The molecular formula is C12H17N3O4. The fourth-order valence-electron chi connectivity index (χ4n) is 1.51. The number of nitrogens with one attached hydrogen (secondary N) is 1. The van der Waals surface area contributed by atoms with E-state index >= 15 is 0 Å². The summed E-state index contributed by atoms with van der Waals surface area (Å²) in [7, 11) is 4.74. The van der Waals surface area contributed by atoms with Crippen molar-refractivity contribution in [2.24, 2.45) is 0 Å². The van der Waals surface area contributed by atoms with Crippen molar-refractivity contribution in [3.05, 3.63) is 33.9 Å². The molecule has 1 aromatic rings. The molecule has 0 fully saturated rings. The van der Waals surface area contributed by atoms with Gasteiger partial charge in [0.15, 0.2) is 0 Å². The summed E-state index contributed by atoms with van der Waals surface area (Å²) in [6.07, 6.45) is 0. The highest BCUT2D eigenvalue weighted by molar-refractivity contribution is 5.95. The second-order valence-electron chi connectivity index (χ2n) is 4.11. The minimum Gasteiger partial charge on any atom is -0.383 e. The van der Waals surface area contributed by atoms with Crippen molar-refractivity contribution in [1.29, 1.82) is 0 Å². The van der Waals surface area contributed by atoms with Crippen molar-refractivity contribution in [2.45, 2.75) is 0 Å². The number of ether oxygens (including phenoxy) is 1. The van der Waals surface area contributed by atoms with Gasteiger partial charge in [0.1, 0.15) is 5.69 Å². The molecule has 1 N–H and O–H groups in total. The van der Waals surface area contributed by atoms with Crippen molar-refractivity contribution >= 4 is 17.3 Å². The zero-order chi connectivity index (χ0) is 14.4. The lowest BCUT2D eigenvalue weighted by Gasteiger charge is -2.11. The summed E-state index contributed by atoms with van der Waals surface area (Å²) in [5, 5.41) is 13.9. The second kappa shape index (κ2) is 6.69. The quantitative estimate of drug-likeness (QED) is 0.478. The smallest absolute Gasteiger partial charge is 0.293 e. The number of hydrogen-bond acceptors (Lipinski definition) is 5. The fourth-order valence-corrected chi connectivity index (χ4v) is 1.51. The lowest BCUT2D eigenvalue weighted by atomic mass is 10.1. The van der Waals surface area contributed by atoms with E-state index in [0.29, 0.717) is 18.8 Å². The van der Waals surface area contributed by atoms with E-state index < -0.39 is 4.92 Å². The van der Waals surface area contributed by atoms with E-state index in [1.807, 2.05) is 0 Å². The number of anilines is 1. The number of nitrogens with zero attached hydrogens (tertiary/aromatic N) is 2. The number of amides is 1. The van der Waals surface area contributed by atoms with Crippen LogP contribution >= 0.6 is 0 Å². The first-order valence-corrected chi connectivity index (χ1v) is 5.70. The van der Waals surface area contributed by atoms with Crippen molar-refractivity contribution in [1.82, 2.24) is 4.90 Å². The first-order chi connectivity index (χ1) is 8.97. The van der Waals surface area contributed by atoms with Gasteiger partial charge in [0.2, 0.25) is 0 Å². The predicted molar refractivity (Wildman–Crippen MR) is 71.5 cm³/mol. The predicted octanol–water partition coefficient (Wildman–Crippen LogP) is 1.35. The van der Waals surface area contributed by atoms with Crippen LogP contribution in [0.3, 0.4) is 0 Å². The topological polar surface area (TPSA) is 84.7 Å². The van der Waals surface area contributed by atoms with Gasteiger partial charge in [-0.2, -0.15) is 0 Å². The third-order valence-corrected chi connectivity index (χ3v) is 2.47. The molecule has 104 valence electrons. The average Bonchev–Trinajstić information content (AvgIpc) is 2.38. The van der Waals surface area contributed by atoms with Crippen LogP contribution in [0.2, 0.25) is 0 Å². The maximum absolute atomic E-state index is 11.8. The largest absolute Gasteiger partial charge is 0.383 e. The number of methoxy groups -OCH3 is 1.